The molecule has 1 aromatic rings. The molecule has 0 spiro atoms. The number of pyridine rings is 1. The number of aliphatic hydroxyl groups excluding tert-OH is 1. The summed E-state index contributed by atoms with van der Waals surface area (Å²) in [6, 6.07) is 3.74. The first-order chi connectivity index (χ1) is 7.81. The number of hydrogen-bond acceptors (Lipinski definition) is 5. The van der Waals surface area contributed by atoms with Crippen molar-refractivity contribution in [2.24, 2.45) is 5.73 Å². The van der Waals surface area contributed by atoms with Crippen molar-refractivity contribution in [2.45, 2.75) is 0 Å². The molecule has 1 aliphatic rings. The molecule has 0 aromatic carbocycles. The van der Waals surface area contributed by atoms with Crippen molar-refractivity contribution in [1.82, 2.24) is 4.98 Å². The van der Waals surface area contributed by atoms with Gasteiger partial charge in [-0.05, 0) is 12.1 Å². The molecule has 1 aliphatic heterocycles. The number of aromatic nitrogens is 1. The van der Waals surface area contributed by atoms with E-state index in [-0.39, 0.29) is 5.76 Å². The monoisotopic (exact) mass is 221 g/mol. The number of hydrogen-bond donors (Lipinski definition) is 2. The molecule has 3 N–H and O–H groups in total. The fourth-order valence-corrected chi connectivity index (χ4v) is 1.66. The fraction of sp³-hybridized carbons (Fsp3) is 0.364. The lowest BCUT2D eigenvalue weighted by molar-refractivity contribution is 0.122. The van der Waals surface area contributed by atoms with Gasteiger partial charge in [-0.3, -0.25) is 4.98 Å². The van der Waals surface area contributed by atoms with E-state index < -0.39 is 0 Å². The Morgan fingerprint density at radius 3 is 2.94 bits per heavy atom. The normalized spacial score (nSPS) is 17.5. The van der Waals surface area contributed by atoms with Crippen LogP contribution >= 0.6 is 0 Å². The van der Waals surface area contributed by atoms with Gasteiger partial charge in [-0.1, -0.05) is 0 Å². The molecule has 1 fully saturated rings. The van der Waals surface area contributed by atoms with Crippen molar-refractivity contribution in [3.63, 3.8) is 0 Å². The summed E-state index contributed by atoms with van der Waals surface area (Å²) >= 11 is 0. The van der Waals surface area contributed by atoms with Gasteiger partial charge in [0.2, 0.25) is 0 Å². The zero-order valence-corrected chi connectivity index (χ0v) is 8.97. The van der Waals surface area contributed by atoms with Crippen LogP contribution in [-0.4, -0.2) is 36.4 Å². The van der Waals surface area contributed by atoms with Crippen LogP contribution in [0.15, 0.2) is 24.5 Å². The highest BCUT2D eigenvalue weighted by molar-refractivity contribution is 5.60. The zero-order valence-electron chi connectivity index (χ0n) is 8.97. The van der Waals surface area contributed by atoms with Crippen molar-refractivity contribution >= 4 is 11.4 Å². The number of nitrogens with two attached hydrogens (primary N) is 1. The van der Waals surface area contributed by atoms with E-state index in [4.69, 9.17) is 10.5 Å². The molecule has 0 unspecified atom stereocenters. The van der Waals surface area contributed by atoms with Crippen LogP contribution in [0.1, 0.15) is 5.69 Å². The topological polar surface area (TPSA) is 71.6 Å². The van der Waals surface area contributed by atoms with Crippen LogP contribution in [0, 0.1) is 0 Å². The molecule has 1 aromatic heterocycles. The van der Waals surface area contributed by atoms with Crippen LogP contribution in [0.25, 0.3) is 5.76 Å². The number of morpholine rings is 1. The Labute approximate surface area is 94.2 Å². The Bertz CT molecular complexity index is 387. The van der Waals surface area contributed by atoms with Crippen LogP contribution in [0.2, 0.25) is 0 Å². The van der Waals surface area contributed by atoms with E-state index in [1.807, 2.05) is 12.1 Å². The maximum atomic E-state index is 9.48. The minimum atomic E-state index is -0.00453. The van der Waals surface area contributed by atoms with Crippen molar-refractivity contribution < 1.29 is 9.84 Å². The van der Waals surface area contributed by atoms with Gasteiger partial charge in [-0.25, -0.2) is 0 Å². The molecule has 0 amide bonds. The Hall–Kier alpha value is -1.75. The molecular formula is C11H15N3O2. The van der Waals surface area contributed by atoms with Crippen LogP contribution in [0.4, 0.5) is 5.69 Å². The van der Waals surface area contributed by atoms with Gasteiger partial charge in [0.05, 0.1) is 13.2 Å². The summed E-state index contributed by atoms with van der Waals surface area (Å²) in [6.07, 6.45) is 2.81. The van der Waals surface area contributed by atoms with Crippen LogP contribution in [-0.2, 0) is 4.74 Å². The molecule has 0 bridgehead atoms. The van der Waals surface area contributed by atoms with Gasteiger partial charge in [0.15, 0.2) is 5.76 Å². The Morgan fingerprint density at radius 2 is 2.25 bits per heavy atom. The van der Waals surface area contributed by atoms with Crippen molar-refractivity contribution in [3.05, 3.63) is 30.2 Å². The SMILES string of the molecule is N/C=C(/O)c1cc(N2CCOCC2)ccn1. The maximum Gasteiger partial charge on any atom is 0.156 e. The van der Waals surface area contributed by atoms with Gasteiger partial charge in [-0.15, -0.1) is 0 Å². The number of ether oxygens (including phenoxy) is 1. The minimum absolute atomic E-state index is 0.00453. The lowest BCUT2D eigenvalue weighted by Crippen LogP contribution is -2.36. The predicted octanol–water partition coefficient (Wildman–Crippen LogP) is 0.733. The quantitative estimate of drug-likeness (QED) is 0.720. The molecule has 5 heteroatoms. The van der Waals surface area contributed by atoms with Crippen molar-refractivity contribution in [3.8, 4) is 0 Å². The van der Waals surface area contributed by atoms with E-state index in [0.717, 1.165) is 38.2 Å². The third-order valence-electron chi connectivity index (χ3n) is 2.54. The summed E-state index contributed by atoms with van der Waals surface area (Å²) in [5.41, 5.74) is 6.77. The highest BCUT2D eigenvalue weighted by atomic mass is 16.5. The summed E-state index contributed by atoms with van der Waals surface area (Å²) in [5, 5.41) is 9.48. The van der Waals surface area contributed by atoms with Crippen molar-refractivity contribution in [2.75, 3.05) is 31.2 Å². The average molecular weight is 221 g/mol. The smallest absolute Gasteiger partial charge is 0.156 e. The van der Waals surface area contributed by atoms with E-state index in [2.05, 4.69) is 9.88 Å². The second kappa shape index (κ2) is 4.85. The molecule has 2 heterocycles. The van der Waals surface area contributed by atoms with E-state index in [9.17, 15) is 5.11 Å². The van der Waals surface area contributed by atoms with Crippen LogP contribution in [0.3, 0.4) is 0 Å². The van der Waals surface area contributed by atoms with Gasteiger partial charge >= 0.3 is 0 Å². The third-order valence-corrected chi connectivity index (χ3v) is 2.54. The molecule has 2 rings (SSSR count). The summed E-state index contributed by atoms with van der Waals surface area (Å²) in [7, 11) is 0. The lowest BCUT2D eigenvalue weighted by atomic mass is 10.2. The number of nitrogens with zero attached hydrogens (tertiary/aromatic N) is 2. The van der Waals surface area contributed by atoms with Gasteiger partial charge < -0.3 is 20.5 Å². The lowest BCUT2D eigenvalue weighted by Gasteiger charge is -2.28. The second-order valence-electron chi connectivity index (χ2n) is 3.55. The Morgan fingerprint density at radius 1 is 1.50 bits per heavy atom. The minimum Gasteiger partial charge on any atom is -0.504 e. The highest BCUT2D eigenvalue weighted by Crippen LogP contribution is 2.18. The molecule has 0 aliphatic carbocycles. The van der Waals surface area contributed by atoms with Crippen LogP contribution in [0.5, 0.6) is 0 Å². The van der Waals surface area contributed by atoms with Gasteiger partial charge in [0, 0.05) is 31.2 Å². The first kappa shape index (κ1) is 10.8. The standard InChI is InChI=1S/C11H15N3O2/c12-8-11(15)10-7-9(1-2-13-10)14-3-5-16-6-4-14/h1-2,7-8,15H,3-6,12H2/b11-8+. The fourth-order valence-electron chi connectivity index (χ4n) is 1.66. The average Bonchev–Trinajstić information content (AvgIpc) is 2.39. The van der Waals surface area contributed by atoms with Gasteiger partial charge in [-0.2, -0.15) is 0 Å². The van der Waals surface area contributed by atoms with E-state index >= 15 is 0 Å². The second-order valence-corrected chi connectivity index (χ2v) is 3.55. The van der Waals surface area contributed by atoms with E-state index in [1.54, 1.807) is 6.20 Å². The molecule has 86 valence electrons. The summed E-state index contributed by atoms with van der Waals surface area (Å²) in [6.45, 7) is 3.18. The Kier molecular flexibility index (Phi) is 3.26. The molecule has 16 heavy (non-hydrogen) atoms. The predicted molar refractivity (Wildman–Crippen MR) is 62.1 cm³/mol. The number of aliphatic hydroxyl groups is 1. The largest absolute Gasteiger partial charge is 0.504 e. The molecule has 0 radical (unpaired) electrons. The van der Waals surface area contributed by atoms with Crippen molar-refractivity contribution in [1.29, 1.82) is 0 Å². The summed E-state index contributed by atoms with van der Waals surface area (Å²) in [5.74, 6) is -0.00453. The zero-order chi connectivity index (χ0) is 11.4. The summed E-state index contributed by atoms with van der Waals surface area (Å²) < 4.78 is 5.28. The molecular weight excluding hydrogens is 206 g/mol. The summed E-state index contributed by atoms with van der Waals surface area (Å²) in [4.78, 5) is 6.24. The maximum absolute atomic E-state index is 9.48. The van der Waals surface area contributed by atoms with E-state index in [1.165, 1.54) is 0 Å². The third kappa shape index (κ3) is 2.25. The highest BCUT2D eigenvalue weighted by Gasteiger charge is 2.12. The molecule has 5 nitrogen and oxygen atoms in total. The number of rotatable bonds is 2. The van der Waals surface area contributed by atoms with Gasteiger partial charge in [0.25, 0.3) is 0 Å². The first-order valence-corrected chi connectivity index (χ1v) is 5.21. The molecule has 0 saturated carbocycles. The van der Waals surface area contributed by atoms with E-state index in [0.29, 0.717) is 5.69 Å². The van der Waals surface area contributed by atoms with Crippen LogP contribution < -0.4 is 10.6 Å². The first-order valence-electron chi connectivity index (χ1n) is 5.21. The van der Waals surface area contributed by atoms with Gasteiger partial charge in [0.1, 0.15) is 5.69 Å². The number of anilines is 1. The molecule has 1 saturated heterocycles. The molecule has 0 atom stereocenters. The Balaban J connectivity index is 2.21.